The Labute approximate surface area is 232 Å². The third kappa shape index (κ3) is 6.16. The highest BCUT2D eigenvalue weighted by atomic mass is 35.5. The van der Waals surface area contributed by atoms with Crippen LogP contribution in [-0.4, -0.2) is 30.2 Å². The van der Waals surface area contributed by atoms with Crippen LogP contribution in [0.2, 0.25) is 5.02 Å². The maximum absolute atomic E-state index is 13.0. The zero-order chi connectivity index (χ0) is 26.3. The molecule has 0 unspecified atom stereocenters. The highest BCUT2D eigenvalue weighted by Crippen LogP contribution is 2.40. The fourth-order valence-corrected chi connectivity index (χ4v) is 5.95. The van der Waals surface area contributed by atoms with Gasteiger partial charge >= 0.3 is 5.97 Å². The van der Waals surface area contributed by atoms with E-state index in [1.807, 2.05) is 61.5 Å². The van der Waals surface area contributed by atoms with Crippen LogP contribution in [-0.2, 0) is 30.9 Å². The topological polar surface area (TPSA) is 51.1 Å². The molecule has 0 saturated carbocycles. The molecule has 0 amide bonds. The van der Waals surface area contributed by atoms with Gasteiger partial charge in [-0.1, -0.05) is 72.3 Å². The molecule has 2 heterocycles. The molecule has 0 atom stereocenters. The average Bonchev–Trinajstić information content (AvgIpc) is 3.30. The zero-order valence-electron chi connectivity index (χ0n) is 21.2. The minimum absolute atomic E-state index is 0.308. The Morgan fingerprint density at radius 3 is 2.63 bits per heavy atom. The minimum Gasteiger partial charge on any atom is -0.488 e. The van der Waals surface area contributed by atoms with Gasteiger partial charge in [-0.2, -0.15) is 0 Å². The molecular weight excluding hydrogens is 516 g/mol. The highest BCUT2D eigenvalue weighted by molar-refractivity contribution is 7.16. The third-order valence-electron chi connectivity index (χ3n) is 6.43. The zero-order valence-corrected chi connectivity index (χ0v) is 22.8. The van der Waals surface area contributed by atoms with Crippen LogP contribution in [0.25, 0.3) is 0 Å². The summed E-state index contributed by atoms with van der Waals surface area (Å²) in [4.78, 5) is 21.4. The van der Waals surface area contributed by atoms with E-state index in [1.165, 1.54) is 10.4 Å². The van der Waals surface area contributed by atoms with E-state index < -0.39 is 0 Å². The standard InChI is InChI=1S/C31H29ClN2O3S/c1-2-36-31(35)29-25-16-17-34(19-22-10-4-3-5-11-22)20-28(25)38-30(29)33-18-23-12-7-9-15-27(23)37-21-24-13-6-8-14-26(24)32/h3-15,18H,2,16-17,19-21H2,1H3. The van der Waals surface area contributed by atoms with Crippen molar-refractivity contribution in [3.05, 3.63) is 117 Å². The summed E-state index contributed by atoms with van der Waals surface area (Å²) in [6.45, 7) is 5.05. The molecule has 5 nitrogen and oxygen atoms in total. The predicted octanol–water partition coefficient (Wildman–Crippen LogP) is 7.47. The fourth-order valence-electron chi connectivity index (χ4n) is 4.54. The first-order valence-corrected chi connectivity index (χ1v) is 13.9. The molecule has 1 aromatic heterocycles. The highest BCUT2D eigenvalue weighted by Gasteiger charge is 2.28. The van der Waals surface area contributed by atoms with Crippen molar-refractivity contribution in [3.63, 3.8) is 0 Å². The lowest BCUT2D eigenvalue weighted by Crippen LogP contribution is -2.29. The van der Waals surface area contributed by atoms with Gasteiger partial charge < -0.3 is 9.47 Å². The minimum atomic E-state index is -0.308. The first kappa shape index (κ1) is 26.2. The van der Waals surface area contributed by atoms with Crippen molar-refractivity contribution >= 4 is 40.1 Å². The van der Waals surface area contributed by atoms with Crippen LogP contribution < -0.4 is 4.74 Å². The molecule has 1 aliphatic rings. The number of benzene rings is 3. The van der Waals surface area contributed by atoms with Gasteiger partial charge in [0.15, 0.2) is 0 Å². The van der Waals surface area contributed by atoms with E-state index in [9.17, 15) is 4.79 Å². The Morgan fingerprint density at radius 2 is 1.82 bits per heavy atom. The summed E-state index contributed by atoms with van der Waals surface area (Å²) in [7, 11) is 0. The summed E-state index contributed by atoms with van der Waals surface area (Å²) in [5.74, 6) is 0.390. The molecule has 0 fully saturated rings. The van der Waals surface area contributed by atoms with Crippen LogP contribution in [0.15, 0.2) is 83.9 Å². The van der Waals surface area contributed by atoms with Gasteiger partial charge in [-0.3, -0.25) is 4.90 Å². The summed E-state index contributed by atoms with van der Waals surface area (Å²) < 4.78 is 11.5. The number of ether oxygens (including phenoxy) is 2. The van der Waals surface area contributed by atoms with Gasteiger partial charge in [-0.05, 0) is 42.7 Å². The monoisotopic (exact) mass is 544 g/mol. The molecule has 0 N–H and O–H groups in total. The molecule has 0 radical (unpaired) electrons. The maximum Gasteiger partial charge on any atom is 0.341 e. The fraction of sp³-hybridized carbons (Fsp3) is 0.226. The van der Waals surface area contributed by atoms with Crippen molar-refractivity contribution in [1.82, 2.24) is 4.90 Å². The van der Waals surface area contributed by atoms with Crippen molar-refractivity contribution < 1.29 is 14.3 Å². The maximum atomic E-state index is 13.0. The van der Waals surface area contributed by atoms with E-state index in [2.05, 4.69) is 29.2 Å². The first-order chi connectivity index (χ1) is 18.6. The molecule has 0 saturated heterocycles. The molecule has 194 valence electrons. The number of rotatable bonds is 9. The van der Waals surface area contributed by atoms with Crippen LogP contribution in [0.4, 0.5) is 5.00 Å². The Hall–Kier alpha value is -3.45. The summed E-state index contributed by atoms with van der Waals surface area (Å²) >= 11 is 7.87. The average molecular weight is 545 g/mol. The number of para-hydroxylation sites is 1. The lowest BCUT2D eigenvalue weighted by molar-refractivity contribution is 0.0526. The quantitative estimate of drug-likeness (QED) is 0.162. The summed E-state index contributed by atoms with van der Waals surface area (Å²) in [5.41, 5.74) is 4.68. The van der Waals surface area contributed by atoms with E-state index in [4.69, 9.17) is 26.1 Å². The molecule has 5 rings (SSSR count). The second-order valence-electron chi connectivity index (χ2n) is 9.03. The van der Waals surface area contributed by atoms with Crippen LogP contribution in [0.1, 0.15) is 44.4 Å². The summed E-state index contributed by atoms with van der Waals surface area (Å²) in [5, 5.41) is 1.35. The third-order valence-corrected chi connectivity index (χ3v) is 7.92. The van der Waals surface area contributed by atoms with Gasteiger partial charge in [0.1, 0.15) is 17.4 Å². The molecular formula is C31H29ClN2O3S. The molecule has 7 heteroatoms. The molecule has 4 aromatic rings. The SMILES string of the molecule is CCOC(=O)c1c(N=Cc2ccccc2OCc2ccccc2Cl)sc2c1CCN(Cc1ccccc1)C2. The van der Waals surface area contributed by atoms with Crippen molar-refractivity contribution in [1.29, 1.82) is 0 Å². The second kappa shape index (κ2) is 12.4. The Kier molecular flexibility index (Phi) is 8.54. The van der Waals surface area contributed by atoms with Crippen molar-refractivity contribution in [2.24, 2.45) is 4.99 Å². The molecule has 38 heavy (non-hydrogen) atoms. The van der Waals surface area contributed by atoms with E-state index in [0.717, 1.165) is 42.7 Å². The number of carbonyl (C=O) groups excluding carboxylic acids is 1. The molecule has 3 aromatic carbocycles. The van der Waals surface area contributed by atoms with Gasteiger partial charge in [0.25, 0.3) is 0 Å². The summed E-state index contributed by atoms with van der Waals surface area (Å²) in [6, 6.07) is 25.8. The number of halogens is 1. The second-order valence-corrected chi connectivity index (χ2v) is 10.5. The Morgan fingerprint density at radius 1 is 1.05 bits per heavy atom. The molecule has 0 spiro atoms. The smallest absolute Gasteiger partial charge is 0.341 e. The van der Waals surface area contributed by atoms with Crippen molar-refractivity contribution in [3.8, 4) is 5.75 Å². The summed E-state index contributed by atoms with van der Waals surface area (Å²) in [6.07, 6.45) is 2.56. The molecule has 0 aliphatic carbocycles. The van der Waals surface area contributed by atoms with Crippen LogP contribution >= 0.6 is 22.9 Å². The number of thiophene rings is 1. The van der Waals surface area contributed by atoms with E-state index >= 15 is 0 Å². The van der Waals surface area contributed by atoms with Crippen LogP contribution in [0.3, 0.4) is 0 Å². The van der Waals surface area contributed by atoms with Crippen molar-refractivity contribution in [2.75, 3.05) is 13.2 Å². The van der Waals surface area contributed by atoms with E-state index in [0.29, 0.717) is 34.6 Å². The van der Waals surface area contributed by atoms with Gasteiger partial charge in [0.2, 0.25) is 0 Å². The number of esters is 1. The normalized spacial score (nSPS) is 13.4. The Balaban J connectivity index is 1.39. The number of fused-ring (bicyclic) bond motifs is 1. The van der Waals surface area contributed by atoms with Gasteiger partial charge in [0, 0.05) is 46.9 Å². The predicted molar refractivity (Wildman–Crippen MR) is 154 cm³/mol. The number of aliphatic imine (C=N–C) groups is 1. The van der Waals surface area contributed by atoms with Gasteiger partial charge in [0.05, 0.1) is 12.2 Å². The van der Waals surface area contributed by atoms with Gasteiger partial charge in [-0.15, -0.1) is 11.3 Å². The number of hydrogen-bond donors (Lipinski definition) is 0. The Bertz CT molecular complexity index is 1430. The van der Waals surface area contributed by atoms with Crippen molar-refractivity contribution in [2.45, 2.75) is 33.0 Å². The number of hydrogen-bond acceptors (Lipinski definition) is 6. The number of carbonyl (C=O) groups is 1. The number of nitrogens with zero attached hydrogens (tertiary/aromatic N) is 2. The van der Waals surface area contributed by atoms with Gasteiger partial charge in [-0.25, -0.2) is 9.79 Å². The molecule has 1 aliphatic heterocycles. The first-order valence-electron chi connectivity index (χ1n) is 12.7. The van der Waals surface area contributed by atoms with E-state index in [-0.39, 0.29) is 5.97 Å². The molecule has 0 bridgehead atoms. The largest absolute Gasteiger partial charge is 0.488 e. The van der Waals surface area contributed by atoms with Crippen LogP contribution in [0.5, 0.6) is 5.75 Å². The van der Waals surface area contributed by atoms with E-state index in [1.54, 1.807) is 17.6 Å². The lowest BCUT2D eigenvalue weighted by atomic mass is 10.0. The van der Waals surface area contributed by atoms with Crippen LogP contribution in [0, 0.1) is 0 Å². The lowest BCUT2D eigenvalue weighted by Gasteiger charge is -2.27.